The van der Waals surface area contributed by atoms with Crippen LogP contribution in [0.4, 0.5) is 0 Å². The zero-order valence-electron chi connectivity index (χ0n) is 14.3. The summed E-state index contributed by atoms with van der Waals surface area (Å²) in [6.07, 6.45) is 1.51. The number of carbonyl (C=O) groups is 3. The van der Waals surface area contributed by atoms with E-state index in [9.17, 15) is 14.4 Å². The number of hydrogen-bond donors (Lipinski definition) is 1. The number of benzene rings is 1. The van der Waals surface area contributed by atoms with Gasteiger partial charge >= 0.3 is 5.97 Å². The van der Waals surface area contributed by atoms with Crippen LogP contribution in [0.5, 0.6) is 0 Å². The largest absolute Gasteiger partial charge is 0.453 e. The Morgan fingerprint density at radius 1 is 1.16 bits per heavy atom. The first-order valence-corrected chi connectivity index (χ1v) is 8.50. The Kier molecular flexibility index (Phi) is 6.25. The number of Topliss-reactive ketones (excluding diaryl/α,β-unsaturated/α-hetero) is 1. The maximum atomic E-state index is 12.3. The number of hydrogen-bond acceptors (Lipinski definition) is 5. The number of rotatable bonds is 6. The summed E-state index contributed by atoms with van der Waals surface area (Å²) in [7, 11) is 0. The van der Waals surface area contributed by atoms with Crippen LogP contribution in [-0.4, -0.2) is 24.3 Å². The molecule has 0 saturated carbocycles. The van der Waals surface area contributed by atoms with Gasteiger partial charge in [-0.1, -0.05) is 30.3 Å². The van der Waals surface area contributed by atoms with Crippen LogP contribution in [0.3, 0.4) is 0 Å². The minimum absolute atomic E-state index is 0.00952. The van der Waals surface area contributed by atoms with Gasteiger partial charge in [0.25, 0.3) is 0 Å². The molecule has 1 aromatic heterocycles. The van der Waals surface area contributed by atoms with E-state index in [1.165, 1.54) is 24.3 Å². The van der Waals surface area contributed by atoms with Crippen molar-refractivity contribution in [2.24, 2.45) is 0 Å². The van der Waals surface area contributed by atoms with Gasteiger partial charge in [0, 0.05) is 22.2 Å². The van der Waals surface area contributed by atoms with Gasteiger partial charge in [-0.2, -0.15) is 0 Å². The summed E-state index contributed by atoms with van der Waals surface area (Å²) >= 11 is 1.52. The van der Waals surface area contributed by atoms with Crippen LogP contribution in [0.15, 0.2) is 42.1 Å². The van der Waals surface area contributed by atoms with Crippen LogP contribution in [-0.2, 0) is 14.3 Å². The van der Waals surface area contributed by atoms with Gasteiger partial charge in [0.1, 0.15) is 5.70 Å². The van der Waals surface area contributed by atoms with Crippen molar-refractivity contribution in [2.45, 2.75) is 20.8 Å². The molecule has 0 aliphatic rings. The van der Waals surface area contributed by atoms with Crippen molar-refractivity contribution < 1.29 is 19.1 Å². The average Bonchev–Trinajstić information content (AvgIpc) is 2.90. The highest BCUT2D eigenvalue weighted by molar-refractivity contribution is 7.12. The topological polar surface area (TPSA) is 72.5 Å². The van der Waals surface area contributed by atoms with E-state index in [1.54, 1.807) is 18.2 Å². The van der Waals surface area contributed by atoms with Crippen molar-refractivity contribution in [3.05, 3.63) is 63.0 Å². The van der Waals surface area contributed by atoms with Crippen molar-refractivity contribution in [3.8, 4) is 0 Å². The fraction of sp³-hybridized carbons (Fsp3) is 0.211. The summed E-state index contributed by atoms with van der Waals surface area (Å²) < 4.78 is 5.09. The molecular weight excluding hydrogens is 338 g/mol. The van der Waals surface area contributed by atoms with Gasteiger partial charge in [-0.3, -0.25) is 9.59 Å². The summed E-state index contributed by atoms with van der Waals surface area (Å²) in [5.74, 6) is -1.41. The predicted octanol–water partition coefficient (Wildman–Crippen LogP) is 3.27. The molecule has 0 aliphatic carbocycles. The number of ketones is 1. The van der Waals surface area contributed by atoms with Crippen LogP contribution in [0.2, 0.25) is 0 Å². The first-order valence-electron chi connectivity index (χ1n) is 7.68. The quantitative estimate of drug-likeness (QED) is 0.489. The lowest BCUT2D eigenvalue weighted by Gasteiger charge is -2.08. The molecule has 0 bridgehead atoms. The van der Waals surface area contributed by atoms with Gasteiger partial charge in [-0.15, -0.1) is 11.3 Å². The van der Waals surface area contributed by atoms with Crippen molar-refractivity contribution in [1.82, 2.24) is 5.32 Å². The first kappa shape index (κ1) is 18.6. The maximum Gasteiger partial charge on any atom is 0.355 e. The SMILES string of the molecule is CC(=O)N/C(=C\c1ccccc1)C(=O)OCC(=O)c1cc(C)sc1C. The number of carbonyl (C=O) groups excluding carboxylic acids is 3. The average molecular weight is 357 g/mol. The number of thiophene rings is 1. The van der Waals surface area contributed by atoms with Crippen LogP contribution in [0.25, 0.3) is 6.08 Å². The predicted molar refractivity (Wildman–Crippen MR) is 97.3 cm³/mol. The first-order chi connectivity index (χ1) is 11.9. The molecule has 0 saturated heterocycles. The molecular formula is C19H19NO4S. The Hall–Kier alpha value is -2.73. The van der Waals surface area contributed by atoms with E-state index in [4.69, 9.17) is 4.74 Å². The Morgan fingerprint density at radius 2 is 1.84 bits per heavy atom. The molecule has 2 rings (SSSR count). The number of nitrogens with one attached hydrogen (secondary N) is 1. The van der Waals surface area contributed by atoms with Crippen molar-refractivity contribution in [3.63, 3.8) is 0 Å². The van der Waals surface area contributed by atoms with Crippen LogP contribution < -0.4 is 5.32 Å². The van der Waals surface area contributed by atoms with Gasteiger partial charge in [0.2, 0.25) is 11.7 Å². The molecule has 0 radical (unpaired) electrons. The van der Waals surface area contributed by atoms with E-state index in [0.717, 1.165) is 15.3 Å². The Morgan fingerprint density at radius 3 is 2.40 bits per heavy atom. The molecule has 6 heteroatoms. The third kappa shape index (κ3) is 5.39. The molecule has 1 aromatic carbocycles. The highest BCUT2D eigenvalue weighted by Gasteiger charge is 2.17. The van der Waals surface area contributed by atoms with Gasteiger partial charge in [0.05, 0.1) is 0 Å². The standard InChI is InChI=1S/C19H19NO4S/c1-12-9-16(13(2)25-12)18(22)11-24-19(23)17(20-14(3)21)10-15-7-5-4-6-8-15/h4-10H,11H2,1-3H3,(H,20,21)/b17-10-. The molecule has 0 unspecified atom stereocenters. The third-order valence-electron chi connectivity index (χ3n) is 3.32. The number of ether oxygens (including phenoxy) is 1. The van der Waals surface area contributed by atoms with Crippen molar-refractivity contribution >= 4 is 35.1 Å². The molecule has 1 amide bonds. The smallest absolute Gasteiger partial charge is 0.355 e. The maximum absolute atomic E-state index is 12.3. The fourth-order valence-corrected chi connectivity index (χ4v) is 3.19. The van der Waals surface area contributed by atoms with Crippen molar-refractivity contribution in [2.75, 3.05) is 6.61 Å². The van der Waals surface area contributed by atoms with Crippen molar-refractivity contribution in [1.29, 1.82) is 0 Å². The summed E-state index contributed by atoms with van der Waals surface area (Å²) in [6, 6.07) is 10.8. The highest BCUT2D eigenvalue weighted by Crippen LogP contribution is 2.21. The molecule has 1 heterocycles. The molecule has 1 N–H and O–H groups in total. The Labute approximate surface area is 150 Å². The lowest BCUT2D eigenvalue weighted by molar-refractivity contribution is -0.139. The van der Waals surface area contributed by atoms with Gasteiger partial charge in [0.15, 0.2) is 6.61 Å². The van der Waals surface area contributed by atoms with Gasteiger partial charge in [-0.05, 0) is 31.6 Å². The van der Waals surface area contributed by atoms with E-state index in [2.05, 4.69) is 5.32 Å². The van der Waals surface area contributed by atoms with Gasteiger partial charge < -0.3 is 10.1 Å². The minimum Gasteiger partial charge on any atom is -0.453 e. The van der Waals surface area contributed by atoms with Crippen LogP contribution in [0, 0.1) is 13.8 Å². The molecule has 25 heavy (non-hydrogen) atoms. The van der Waals surface area contributed by atoms with Gasteiger partial charge in [-0.25, -0.2) is 4.79 Å². The molecule has 0 atom stereocenters. The molecule has 5 nitrogen and oxygen atoms in total. The fourth-order valence-electron chi connectivity index (χ4n) is 2.25. The Balaban J connectivity index is 2.09. The zero-order valence-corrected chi connectivity index (χ0v) is 15.1. The normalized spacial score (nSPS) is 11.1. The minimum atomic E-state index is -0.753. The summed E-state index contributed by atoms with van der Waals surface area (Å²) in [6.45, 7) is 4.69. The van der Waals surface area contributed by atoms with E-state index >= 15 is 0 Å². The second-order valence-electron chi connectivity index (χ2n) is 5.48. The lowest BCUT2D eigenvalue weighted by Crippen LogP contribution is -2.27. The van der Waals surface area contributed by atoms with E-state index in [1.807, 2.05) is 32.0 Å². The highest BCUT2D eigenvalue weighted by atomic mass is 32.1. The monoisotopic (exact) mass is 357 g/mol. The zero-order chi connectivity index (χ0) is 18.4. The molecule has 2 aromatic rings. The van der Waals surface area contributed by atoms with E-state index < -0.39 is 11.9 Å². The van der Waals surface area contributed by atoms with E-state index in [-0.39, 0.29) is 18.1 Å². The number of esters is 1. The van der Waals surface area contributed by atoms with E-state index in [0.29, 0.717) is 5.56 Å². The summed E-state index contributed by atoms with van der Waals surface area (Å²) in [5.41, 5.74) is 1.28. The molecule has 130 valence electrons. The molecule has 0 aliphatic heterocycles. The summed E-state index contributed by atoms with van der Waals surface area (Å²) in [5, 5.41) is 2.45. The molecule has 0 spiro atoms. The second-order valence-corrected chi connectivity index (χ2v) is 6.94. The van der Waals surface area contributed by atoms with Crippen LogP contribution >= 0.6 is 11.3 Å². The number of amides is 1. The van der Waals surface area contributed by atoms with Crippen LogP contribution in [0.1, 0.15) is 32.6 Å². The Bertz CT molecular complexity index is 821. The lowest BCUT2D eigenvalue weighted by atomic mass is 10.1. The second kappa shape index (κ2) is 8.39. The summed E-state index contributed by atoms with van der Waals surface area (Å²) in [4.78, 5) is 37.7. The third-order valence-corrected chi connectivity index (χ3v) is 4.28. The number of aryl methyl sites for hydroxylation is 2. The molecule has 0 fully saturated rings.